The van der Waals surface area contributed by atoms with Crippen LogP contribution in [-0.4, -0.2) is 30.1 Å². The Labute approximate surface area is 124 Å². The standard InChI is InChI=1S/C14H15FN2O3S/c1-8(18)17-6-5-16-7-9-12-10(15)3-2-4-11(12)21-13(9)14(19)20/h2-4,16H,5-7H2,1H3,(H,17,18)(H,19,20). The smallest absolute Gasteiger partial charge is 0.346 e. The third kappa shape index (κ3) is 3.56. The fourth-order valence-electron chi connectivity index (χ4n) is 2.05. The minimum absolute atomic E-state index is 0.130. The largest absolute Gasteiger partial charge is 0.477 e. The zero-order chi connectivity index (χ0) is 15.4. The minimum Gasteiger partial charge on any atom is -0.477 e. The molecule has 0 saturated heterocycles. The molecule has 0 spiro atoms. The second-order valence-corrected chi connectivity index (χ2v) is 5.54. The molecule has 0 aliphatic heterocycles. The number of aromatic carboxylic acids is 1. The van der Waals surface area contributed by atoms with Crippen LogP contribution in [-0.2, 0) is 11.3 Å². The summed E-state index contributed by atoms with van der Waals surface area (Å²) in [6.07, 6.45) is 0. The number of amides is 1. The molecule has 0 saturated carbocycles. The van der Waals surface area contributed by atoms with E-state index in [1.54, 1.807) is 12.1 Å². The average Bonchev–Trinajstić information content (AvgIpc) is 2.78. The van der Waals surface area contributed by atoms with Gasteiger partial charge in [0.15, 0.2) is 0 Å². The molecule has 112 valence electrons. The molecule has 1 aromatic carbocycles. The zero-order valence-corrected chi connectivity index (χ0v) is 12.2. The molecule has 1 aromatic heterocycles. The fraction of sp³-hybridized carbons (Fsp3) is 0.286. The topological polar surface area (TPSA) is 78.4 Å². The van der Waals surface area contributed by atoms with Crippen LogP contribution < -0.4 is 10.6 Å². The number of hydrogen-bond acceptors (Lipinski definition) is 4. The molecule has 2 aromatic rings. The molecule has 1 heterocycles. The highest BCUT2D eigenvalue weighted by atomic mass is 32.1. The minimum atomic E-state index is -1.06. The van der Waals surface area contributed by atoms with Gasteiger partial charge < -0.3 is 15.7 Å². The van der Waals surface area contributed by atoms with Crippen molar-refractivity contribution in [3.8, 4) is 0 Å². The van der Waals surface area contributed by atoms with Crippen molar-refractivity contribution >= 4 is 33.3 Å². The number of carbonyl (C=O) groups is 2. The normalized spacial score (nSPS) is 10.8. The van der Waals surface area contributed by atoms with E-state index in [1.807, 2.05) is 0 Å². The van der Waals surface area contributed by atoms with Gasteiger partial charge in [-0.25, -0.2) is 9.18 Å². The number of carboxylic acid groups (broad SMARTS) is 1. The summed E-state index contributed by atoms with van der Waals surface area (Å²) in [5, 5.41) is 15.2. The molecular formula is C14H15FN2O3S. The van der Waals surface area contributed by atoms with E-state index in [9.17, 15) is 19.1 Å². The first-order valence-corrected chi connectivity index (χ1v) is 7.20. The number of rotatable bonds is 6. The second-order valence-electron chi connectivity index (χ2n) is 4.49. The number of carbonyl (C=O) groups excluding carboxylic acids is 1. The van der Waals surface area contributed by atoms with Crippen LogP contribution in [0.15, 0.2) is 18.2 Å². The van der Waals surface area contributed by atoms with E-state index >= 15 is 0 Å². The maximum absolute atomic E-state index is 13.9. The van der Waals surface area contributed by atoms with Crippen molar-refractivity contribution in [2.75, 3.05) is 13.1 Å². The Morgan fingerprint density at radius 3 is 2.76 bits per heavy atom. The molecule has 7 heteroatoms. The lowest BCUT2D eigenvalue weighted by Crippen LogP contribution is -2.30. The third-order valence-corrected chi connectivity index (χ3v) is 4.12. The quantitative estimate of drug-likeness (QED) is 0.713. The van der Waals surface area contributed by atoms with Gasteiger partial charge in [-0.3, -0.25) is 4.79 Å². The first kappa shape index (κ1) is 15.4. The first-order valence-electron chi connectivity index (χ1n) is 6.39. The Kier molecular flexibility index (Phi) is 4.87. The van der Waals surface area contributed by atoms with Crippen molar-refractivity contribution in [3.63, 3.8) is 0 Å². The summed E-state index contributed by atoms with van der Waals surface area (Å²) in [6.45, 7) is 2.57. The Balaban J connectivity index is 2.18. The second kappa shape index (κ2) is 6.64. The summed E-state index contributed by atoms with van der Waals surface area (Å²) < 4.78 is 14.6. The van der Waals surface area contributed by atoms with E-state index < -0.39 is 11.8 Å². The maximum atomic E-state index is 13.9. The SMILES string of the molecule is CC(=O)NCCNCc1c(C(=O)O)sc2cccc(F)c12. The lowest BCUT2D eigenvalue weighted by Gasteiger charge is -2.06. The number of thiophene rings is 1. The van der Waals surface area contributed by atoms with Gasteiger partial charge in [0, 0.05) is 42.2 Å². The van der Waals surface area contributed by atoms with Crippen molar-refractivity contribution in [1.82, 2.24) is 10.6 Å². The van der Waals surface area contributed by atoms with Crippen LogP contribution in [0.5, 0.6) is 0 Å². The van der Waals surface area contributed by atoms with Gasteiger partial charge in [-0.15, -0.1) is 11.3 Å². The van der Waals surface area contributed by atoms with E-state index in [0.29, 0.717) is 28.7 Å². The number of halogens is 1. The highest BCUT2D eigenvalue weighted by molar-refractivity contribution is 7.21. The predicted octanol–water partition coefficient (Wildman–Crippen LogP) is 1.96. The molecule has 0 bridgehead atoms. The average molecular weight is 310 g/mol. The molecular weight excluding hydrogens is 295 g/mol. The van der Waals surface area contributed by atoms with Crippen molar-refractivity contribution in [2.24, 2.45) is 0 Å². The highest BCUT2D eigenvalue weighted by Crippen LogP contribution is 2.33. The van der Waals surface area contributed by atoms with E-state index in [-0.39, 0.29) is 17.3 Å². The van der Waals surface area contributed by atoms with Crippen molar-refractivity contribution in [3.05, 3.63) is 34.5 Å². The first-order chi connectivity index (χ1) is 10.0. The Bertz CT molecular complexity index is 684. The molecule has 0 aliphatic rings. The van der Waals surface area contributed by atoms with Crippen molar-refractivity contribution in [2.45, 2.75) is 13.5 Å². The van der Waals surface area contributed by atoms with Crippen LogP contribution >= 0.6 is 11.3 Å². The van der Waals surface area contributed by atoms with Crippen LogP contribution in [0.4, 0.5) is 4.39 Å². The van der Waals surface area contributed by atoms with Crippen LogP contribution in [0.2, 0.25) is 0 Å². The van der Waals surface area contributed by atoms with Crippen LogP contribution in [0, 0.1) is 5.82 Å². The molecule has 5 nitrogen and oxygen atoms in total. The molecule has 0 atom stereocenters. The van der Waals surface area contributed by atoms with Crippen molar-refractivity contribution in [1.29, 1.82) is 0 Å². The summed E-state index contributed by atoms with van der Waals surface area (Å²) >= 11 is 1.07. The molecule has 0 fully saturated rings. The van der Waals surface area contributed by atoms with Gasteiger partial charge in [-0.05, 0) is 12.1 Å². The van der Waals surface area contributed by atoms with Gasteiger partial charge in [-0.2, -0.15) is 0 Å². The van der Waals surface area contributed by atoms with Gasteiger partial charge in [0.05, 0.1) is 0 Å². The molecule has 2 rings (SSSR count). The van der Waals surface area contributed by atoms with Gasteiger partial charge in [-0.1, -0.05) is 6.07 Å². The Morgan fingerprint density at radius 2 is 2.10 bits per heavy atom. The molecule has 0 radical (unpaired) electrons. The lowest BCUT2D eigenvalue weighted by molar-refractivity contribution is -0.118. The van der Waals surface area contributed by atoms with E-state index in [0.717, 1.165) is 11.3 Å². The van der Waals surface area contributed by atoms with E-state index in [1.165, 1.54) is 13.0 Å². The van der Waals surface area contributed by atoms with Crippen LogP contribution in [0.25, 0.3) is 10.1 Å². The lowest BCUT2D eigenvalue weighted by atomic mass is 10.1. The number of hydrogen-bond donors (Lipinski definition) is 3. The highest BCUT2D eigenvalue weighted by Gasteiger charge is 2.19. The number of carboxylic acids is 1. The van der Waals surface area contributed by atoms with Gasteiger partial charge in [0.2, 0.25) is 5.91 Å². The molecule has 1 amide bonds. The predicted molar refractivity (Wildman–Crippen MR) is 79.1 cm³/mol. The summed E-state index contributed by atoms with van der Waals surface area (Å²) in [5.41, 5.74) is 0.448. The summed E-state index contributed by atoms with van der Waals surface area (Å²) in [5.74, 6) is -1.61. The number of benzene rings is 1. The molecule has 0 aliphatic carbocycles. The number of nitrogens with one attached hydrogen (secondary N) is 2. The molecule has 3 N–H and O–H groups in total. The van der Waals surface area contributed by atoms with E-state index in [4.69, 9.17) is 0 Å². The monoisotopic (exact) mass is 310 g/mol. The molecule has 0 unspecified atom stereocenters. The Morgan fingerprint density at radius 1 is 1.33 bits per heavy atom. The Hall–Kier alpha value is -1.99. The van der Waals surface area contributed by atoms with Crippen molar-refractivity contribution < 1.29 is 19.1 Å². The summed E-state index contributed by atoms with van der Waals surface area (Å²) in [6, 6.07) is 4.59. The van der Waals surface area contributed by atoms with E-state index in [2.05, 4.69) is 10.6 Å². The van der Waals surface area contributed by atoms with Crippen LogP contribution in [0.3, 0.4) is 0 Å². The van der Waals surface area contributed by atoms with Gasteiger partial charge in [0.25, 0.3) is 0 Å². The van der Waals surface area contributed by atoms with Gasteiger partial charge >= 0.3 is 5.97 Å². The molecule has 21 heavy (non-hydrogen) atoms. The third-order valence-electron chi connectivity index (χ3n) is 2.94. The maximum Gasteiger partial charge on any atom is 0.346 e. The summed E-state index contributed by atoms with van der Waals surface area (Å²) in [7, 11) is 0. The zero-order valence-electron chi connectivity index (χ0n) is 11.4. The fourth-order valence-corrected chi connectivity index (χ4v) is 3.12. The van der Waals surface area contributed by atoms with Gasteiger partial charge in [0.1, 0.15) is 10.7 Å². The number of fused-ring (bicyclic) bond motifs is 1. The van der Waals surface area contributed by atoms with Crippen LogP contribution in [0.1, 0.15) is 22.2 Å². The summed E-state index contributed by atoms with van der Waals surface area (Å²) in [4.78, 5) is 22.2.